The van der Waals surface area contributed by atoms with Crippen molar-refractivity contribution in [3.05, 3.63) is 53.1 Å². The summed E-state index contributed by atoms with van der Waals surface area (Å²) in [5.74, 6) is 1.97. The number of carbonyl (C=O) groups excluding carboxylic acids is 1. The van der Waals surface area contributed by atoms with E-state index >= 15 is 0 Å². The predicted molar refractivity (Wildman–Crippen MR) is 102 cm³/mol. The summed E-state index contributed by atoms with van der Waals surface area (Å²) >= 11 is 1.86. The normalized spacial score (nSPS) is 22.8. The van der Waals surface area contributed by atoms with Crippen LogP contribution in [0.2, 0.25) is 0 Å². The van der Waals surface area contributed by atoms with E-state index in [0.717, 1.165) is 22.8 Å². The Hall–Kier alpha value is -2.14. The average Bonchev–Trinajstić information content (AvgIpc) is 2.60. The van der Waals surface area contributed by atoms with E-state index in [2.05, 4.69) is 31.3 Å². The van der Waals surface area contributed by atoms with Gasteiger partial charge in [0.1, 0.15) is 5.75 Å². The highest BCUT2D eigenvalue weighted by Gasteiger charge is 2.46. The molecule has 130 valence electrons. The van der Waals surface area contributed by atoms with Crippen LogP contribution in [0.4, 0.5) is 5.69 Å². The number of methoxy groups -OCH3 is 1. The number of carbonyl (C=O) groups is 1. The van der Waals surface area contributed by atoms with E-state index in [9.17, 15) is 4.79 Å². The summed E-state index contributed by atoms with van der Waals surface area (Å²) < 4.78 is 5.56. The number of anilines is 1. The molecule has 0 aromatic heterocycles. The number of nitrogens with one attached hydrogen (secondary N) is 1. The molecule has 0 aliphatic carbocycles. The predicted octanol–water partition coefficient (Wildman–Crippen LogP) is 3.96. The SMILES string of the molecule is COc1cccc2c1SCC1C2Nc2ccc(C(N)=O)cc2C1(C)C. The van der Waals surface area contributed by atoms with Crippen LogP contribution in [0.1, 0.15) is 41.4 Å². The molecule has 2 atom stereocenters. The van der Waals surface area contributed by atoms with Crippen LogP contribution in [0.3, 0.4) is 0 Å². The minimum absolute atomic E-state index is 0.0650. The third-order valence-corrected chi connectivity index (χ3v) is 6.86. The highest BCUT2D eigenvalue weighted by atomic mass is 32.2. The van der Waals surface area contributed by atoms with Gasteiger partial charge in [-0.05, 0) is 40.8 Å². The van der Waals surface area contributed by atoms with Gasteiger partial charge in [0.15, 0.2) is 0 Å². The first-order chi connectivity index (χ1) is 11.9. The number of thioether (sulfide) groups is 1. The number of hydrogen-bond donors (Lipinski definition) is 2. The van der Waals surface area contributed by atoms with Crippen LogP contribution in [0.25, 0.3) is 0 Å². The summed E-state index contributed by atoms with van der Waals surface area (Å²) in [6.45, 7) is 4.53. The van der Waals surface area contributed by atoms with Gasteiger partial charge in [-0.2, -0.15) is 0 Å². The zero-order valence-corrected chi connectivity index (χ0v) is 15.4. The summed E-state index contributed by atoms with van der Waals surface area (Å²) in [5.41, 5.74) is 9.52. The van der Waals surface area contributed by atoms with Gasteiger partial charge in [-0.1, -0.05) is 26.0 Å². The van der Waals surface area contributed by atoms with Crippen LogP contribution in [-0.4, -0.2) is 18.8 Å². The molecule has 2 aromatic carbocycles. The van der Waals surface area contributed by atoms with Crippen LogP contribution in [0.5, 0.6) is 5.75 Å². The van der Waals surface area contributed by atoms with Gasteiger partial charge in [0.25, 0.3) is 0 Å². The second-order valence-corrected chi connectivity index (χ2v) is 8.29. The van der Waals surface area contributed by atoms with Gasteiger partial charge in [-0.3, -0.25) is 4.79 Å². The van der Waals surface area contributed by atoms with Crippen molar-refractivity contribution in [2.24, 2.45) is 11.7 Å². The second-order valence-electron chi connectivity index (χ2n) is 7.26. The maximum Gasteiger partial charge on any atom is 0.248 e. The maximum absolute atomic E-state index is 11.6. The molecule has 0 bridgehead atoms. The maximum atomic E-state index is 11.6. The summed E-state index contributed by atoms with van der Waals surface area (Å²) in [7, 11) is 1.72. The first kappa shape index (κ1) is 16.3. The van der Waals surface area contributed by atoms with E-state index in [1.54, 1.807) is 13.2 Å². The standard InChI is InChI=1S/C20H22N2O2S/c1-20(2)13-9-11(19(21)23)7-8-15(13)22-17-12-5-4-6-16(24-3)18(12)25-10-14(17)20/h4-9,14,17,22H,10H2,1-3H3,(H2,21,23). The third-order valence-electron chi connectivity index (χ3n) is 5.61. The Morgan fingerprint density at radius 3 is 2.84 bits per heavy atom. The Morgan fingerprint density at radius 2 is 2.12 bits per heavy atom. The highest BCUT2D eigenvalue weighted by Crippen LogP contribution is 2.55. The van der Waals surface area contributed by atoms with Gasteiger partial charge in [-0.15, -0.1) is 11.8 Å². The number of rotatable bonds is 2. The van der Waals surface area contributed by atoms with Gasteiger partial charge in [-0.25, -0.2) is 0 Å². The van der Waals surface area contributed by atoms with Crippen molar-refractivity contribution < 1.29 is 9.53 Å². The van der Waals surface area contributed by atoms with Crippen LogP contribution in [0.15, 0.2) is 41.3 Å². The molecule has 0 saturated carbocycles. The molecule has 3 N–H and O–H groups in total. The summed E-state index contributed by atoms with van der Waals surface area (Å²) in [6, 6.07) is 12.2. The van der Waals surface area contributed by atoms with Gasteiger partial charge in [0.2, 0.25) is 5.91 Å². The van der Waals surface area contributed by atoms with Crippen LogP contribution < -0.4 is 15.8 Å². The fourth-order valence-corrected chi connectivity index (χ4v) is 5.72. The Morgan fingerprint density at radius 1 is 1.32 bits per heavy atom. The quantitative estimate of drug-likeness (QED) is 0.857. The van der Waals surface area contributed by atoms with E-state index in [1.165, 1.54) is 10.5 Å². The molecule has 0 fully saturated rings. The summed E-state index contributed by atoms with van der Waals surface area (Å²) in [4.78, 5) is 12.8. The Kier molecular flexibility index (Phi) is 3.72. The lowest BCUT2D eigenvalue weighted by Gasteiger charge is -2.49. The van der Waals surface area contributed by atoms with Gasteiger partial charge in [0.05, 0.1) is 18.0 Å². The van der Waals surface area contributed by atoms with E-state index in [0.29, 0.717) is 11.5 Å². The van der Waals surface area contributed by atoms with Crippen molar-refractivity contribution >= 4 is 23.4 Å². The van der Waals surface area contributed by atoms with Crippen molar-refractivity contribution in [3.8, 4) is 5.75 Å². The largest absolute Gasteiger partial charge is 0.496 e. The second kappa shape index (κ2) is 5.70. The molecule has 2 unspecified atom stereocenters. The molecule has 2 aliphatic heterocycles. The van der Waals surface area contributed by atoms with Gasteiger partial charge in [0, 0.05) is 22.9 Å². The molecule has 1 amide bonds. The van der Waals surface area contributed by atoms with Crippen molar-refractivity contribution in [1.29, 1.82) is 0 Å². The first-order valence-corrected chi connectivity index (χ1v) is 9.42. The van der Waals surface area contributed by atoms with Crippen LogP contribution in [0, 0.1) is 5.92 Å². The van der Waals surface area contributed by atoms with Crippen molar-refractivity contribution in [3.63, 3.8) is 0 Å². The zero-order chi connectivity index (χ0) is 17.8. The molecule has 4 nitrogen and oxygen atoms in total. The molecule has 2 aromatic rings. The number of amides is 1. The van der Waals surface area contributed by atoms with E-state index < -0.39 is 0 Å². The molecule has 4 rings (SSSR count). The van der Waals surface area contributed by atoms with E-state index in [4.69, 9.17) is 10.5 Å². The van der Waals surface area contributed by atoms with Crippen LogP contribution in [-0.2, 0) is 5.41 Å². The lowest BCUT2D eigenvalue weighted by Crippen LogP contribution is -2.44. The van der Waals surface area contributed by atoms with Crippen LogP contribution >= 0.6 is 11.8 Å². The molecule has 2 heterocycles. The number of nitrogens with two attached hydrogens (primary N) is 1. The molecule has 25 heavy (non-hydrogen) atoms. The lowest BCUT2D eigenvalue weighted by molar-refractivity contribution is 0.1000. The van der Waals surface area contributed by atoms with Gasteiger partial charge < -0.3 is 15.8 Å². The Bertz CT molecular complexity index is 863. The molecule has 0 spiro atoms. The average molecular weight is 354 g/mol. The fourth-order valence-electron chi connectivity index (χ4n) is 4.11. The third kappa shape index (κ3) is 2.41. The monoisotopic (exact) mass is 354 g/mol. The minimum atomic E-state index is -0.381. The Labute approximate surface area is 152 Å². The zero-order valence-electron chi connectivity index (χ0n) is 14.6. The van der Waals surface area contributed by atoms with Gasteiger partial charge >= 0.3 is 0 Å². The molecular formula is C20H22N2O2S. The molecule has 2 aliphatic rings. The van der Waals surface area contributed by atoms with Crippen molar-refractivity contribution in [2.75, 3.05) is 18.2 Å². The number of benzene rings is 2. The number of hydrogen-bond acceptors (Lipinski definition) is 4. The topological polar surface area (TPSA) is 64.3 Å². The van der Waals surface area contributed by atoms with Crippen molar-refractivity contribution in [1.82, 2.24) is 0 Å². The first-order valence-electron chi connectivity index (χ1n) is 8.44. The number of ether oxygens (including phenoxy) is 1. The minimum Gasteiger partial charge on any atom is -0.496 e. The number of fused-ring (bicyclic) bond motifs is 4. The molecular weight excluding hydrogens is 332 g/mol. The summed E-state index contributed by atoms with van der Waals surface area (Å²) in [6.07, 6.45) is 0. The molecule has 0 saturated heterocycles. The molecule has 0 radical (unpaired) electrons. The lowest BCUT2D eigenvalue weighted by atomic mass is 9.66. The number of primary amides is 1. The fraction of sp³-hybridized carbons (Fsp3) is 0.350. The summed E-state index contributed by atoms with van der Waals surface area (Å²) in [5, 5.41) is 3.71. The smallest absolute Gasteiger partial charge is 0.248 e. The van der Waals surface area contributed by atoms with Crippen molar-refractivity contribution in [2.45, 2.75) is 30.2 Å². The van der Waals surface area contributed by atoms with E-state index in [-0.39, 0.29) is 17.4 Å². The molecule has 5 heteroatoms. The highest BCUT2D eigenvalue weighted by molar-refractivity contribution is 7.99. The Balaban J connectivity index is 1.84. The van der Waals surface area contributed by atoms with E-state index in [1.807, 2.05) is 30.0 Å².